The second-order valence-corrected chi connectivity index (χ2v) is 6.48. The molecule has 130 valence electrons. The van der Waals surface area contributed by atoms with Crippen LogP contribution in [-0.4, -0.2) is 17.7 Å². The predicted molar refractivity (Wildman–Crippen MR) is 99.7 cm³/mol. The highest BCUT2D eigenvalue weighted by molar-refractivity contribution is 5.70. The number of hydrogen-bond acceptors (Lipinski definition) is 2. The Bertz CT molecular complexity index is 730. The first-order chi connectivity index (χ1) is 12.2. The summed E-state index contributed by atoms with van der Waals surface area (Å²) in [5, 5.41) is 8.69. The van der Waals surface area contributed by atoms with E-state index in [4.69, 9.17) is 9.84 Å². The number of benzene rings is 2. The van der Waals surface area contributed by atoms with Gasteiger partial charge in [-0.3, -0.25) is 4.79 Å². The summed E-state index contributed by atoms with van der Waals surface area (Å²) >= 11 is 0. The quantitative estimate of drug-likeness (QED) is 0.728. The first kappa shape index (κ1) is 17.3. The maximum Gasteiger partial charge on any atom is 0.303 e. The number of aryl methyl sites for hydroxylation is 1. The summed E-state index contributed by atoms with van der Waals surface area (Å²) < 4.78 is 5.99. The second-order valence-electron chi connectivity index (χ2n) is 6.48. The molecule has 0 radical (unpaired) electrons. The highest BCUT2D eigenvalue weighted by Crippen LogP contribution is 2.34. The third-order valence-corrected chi connectivity index (χ3v) is 4.65. The van der Waals surface area contributed by atoms with Crippen molar-refractivity contribution in [1.29, 1.82) is 0 Å². The van der Waals surface area contributed by atoms with Crippen LogP contribution < -0.4 is 4.74 Å². The van der Waals surface area contributed by atoms with Gasteiger partial charge in [-0.2, -0.15) is 0 Å². The molecule has 0 bridgehead atoms. The molecule has 2 aromatic carbocycles. The minimum absolute atomic E-state index is 0.217. The van der Waals surface area contributed by atoms with Crippen LogP contribution in [0.4, 0.5) is 0 Å². The van der Waals surface area contributed by atoms with Crippen LogP contribution in [0.25, 0.3) is 5.57 Å². The smallest absolute Gasteiger partial charge is 0.303 e. The molecule has 3 nitrogen and oxygen atoms in total. The van der Waals surface area contributed by atoms with Crippen molar-refractivity contribution < 1.29 is 14.6 Å². The van der Waals surface area contributed by atoms with Gasteiger partial charge in [0.2, 0.25) is 0 Å². The lowest BCUT2D eigenvalue weighted by molar-refractivity contribution is -0.137. The van der Waals surface area contributed by atoms with E-state index in [1.165, 1.54) is 23.1 Å². The Labute approximate surface area is 149 Å². The summed E-state index contributed by atoms with van der Waals surface area (Å²) in [4.78, 5) is 10.6. The van der Waals surface area contributed by atoms with E-state index in [2.05, 4.69) is 24.3 Å². The number of rotatable bonds is 8. The van der Waals surface area contributed by atoms with Crippen LogP contribution in [0.5, 0.6) is 5.75 Å². The van der Waals surface area contributed by atoms with Crippen LogP contribution in [0, 0.1) is 0 Å². The molecule has 0 saturated heterocycles. The molecule has 0 fully saturated rings. The van der Waals surface area contributed by atoms with Gasteiger partial charge in [0.25, 0.3) is 0 Å². The standard InChI is InChI=1S/C22H24O3/c23-22(24)11-4-6-17-12-14-20(15-13-17)25-16-19-9-5-10-21(19)18-7-2-1-3-8-18/h1-3,7-8,12-15H,4-6,9-11,16H2,(H,23,24). The summed E-state index contributed by atoms with van der Waals surface area (Å²) in [6, 6.07) is 18.6. The lowest BCUT2D eigenvalue weighted by Gasteiger charge is -2.11. The molecule has 1 aliphatic carbocycles. The Morgan fingerprint density at radius 1 is 1.00 bits per heavy atom. The summed E-state index contributed by atoms with van der Waals surface area (Å²) in [7, 11) is 0. The fourth-order valence-corrected chi connectivity index (χ4v) is 3.32. The van der Waals surface area contributed by atoms with Gasteiger partial charge >= 0.3 is 5.97 Å². The van der Waals surface area contributed by atoms with Crippen LogP contribution in [0.2, 0.25) is 0 Å². The van der Waals surface area contributed by atoms with Crippen molar-refractivity contribution >= 4 is 11.5 Å². The third-order valence-electron chi connectivity index (χ3n) is 4.65. The summed E-state index contributed by atoms with van der Waals surface area (Å²) in [5.41, 5.74) is 5.30. The first-order valence-corrected chi connectivity index (χ1v) is 8.92. The summed E-state index contributed by atoms with van der Waals surface area (Å²) in [5.74, 6) is 0.132. The largest absolute Gasteiger partial charge is 0.489 e. The monoisotopic (exact) mass is 336 g/mol. The van der Waals surface area contributed by atoms with E-state index in [9.17, 15) is 4.79 Å². The van der Waals surface area contributed by atoms with Gasteiger partial charge in [0, 0.05) is 6.42 Å². The van der Waals surface area contributed by atoms with Gasteiger partial charge in [0.05, 0.1) is 0 Å². The van der Waals surface area contributed by atoms with E-state index in [1.807, 2.05) is 30.3 Å². The Hall–Kier alpha value is -2.55. The molecule has 0 unspecified atom stereocenters. The van der Waals surface area contributed by atoms with Crippen molar-refractivity contribution in [3.05, 3.63) is 71.3 Å². The van der Waals surface area contributed by atoms with Crippen molar-refractivity contribution in [3.8, 4) is 5.75 Å². The molecule has 0 heterocycles. The van der Waals surface area contributed by atoms with E-state index >= 15 is 0 Å². The Balaban J connectivity index is 1.57. The molecule has 0 atom stereocenters. The van der Waals surface area contributed by atoms with Crippen molar-refractivity contribution in [2.75, 3.05) is 6.61 Å². The van der Waals surface area contributed by atoms with Gasteiger partial charge in [0.1, 0.15) is 12.4 Å². The fourth-order valence-electron chi connectivity index (χ4n) is 3.32. The minimum atomic E-state index is -0.737. The number of allylic oxidation sites excluding steroid dienone is 1. The summed E-state index contributed by atoms with van der Waals surface area (Å²) in [6.07, 6.45) is 5.11. The van der Waals surface area contributed by atoms with Gasteiger partial charge < -0.3 is 9.84 Å². The molecule has 0 aromatic heterocycles. The van der Waals surface area contributed by atoms with Crippen molar-refractivity contribution in [1.82, 2.24) is 0 Å². The van der Waals surface area contributed by atoms with Crippen molar-refractivity contribution in [2.45, 2.75) is 38.5 Å². The highest BCUT2D eigenvalue weighted by Gasteiger charge is 2.16. The molecule has 2 aromatic rings. The number of carboxylic acids is 1. The second kappa shape index (κ2) is 8.52. The molecule has 1 aliphatic rings. The molecule has 0 aliphatic heterocycles. The van der Waals surface area contributed by atoms with Crippen LogP contribution >= 0.6 is 0 Å². The number of ether oxygens (including phenoxy) is 1. The number of hydrogen-bond donors (Lipinski definition) is 1. The Morgan fingerprint density at radius 3 is 2.48 bits per heavy atom. The Morgan fingerprint density at radius 2 is 1.76 bits per heavy atom. The van der Waals surface area contributed by atoms with Crippen LogP contribution in [0.3, 0.4) is 0 Å². The van der Waals surface area contributed by atoms with Gasteiger partial charge in [0.15, 0.2) is 0 Å². The van der Waals surface area contributed by atoms with E-state index in [1.54, 1.807) is 0 Å². The maximum absolute atomic E-state index is 10.6. The number of aliphatic carboxylic acids is 1. The molecule has 0 amide bonds. The SMILES string of the molecule is O=C(O)CCCc1ccc(OCC2=C(c3ccccc3)CCC2)cc1. The van der Waals surface area contributed by atoms with Crippen molar-refractivity contribution in [2.24, 2.45) is 0 Å². The molecule has 0 spiro atoms. The minimum Gasteiger partial charge on any atom is -0.489 e. The van der Waals surface area contributed by atoms with Crippen LogP contribution in [0.1, 0.15) is 43.2 Å². The summed E-state index contributed by atoms with van der Waals surface area (Å²) in [6.45, 7) is 0.641. The molecular weight excluding hydrogens is 312 g/mol. The molecule has 3 heteroatoms. The molecule has 25 heavy (non-hydrogen) atoms. The van der Waals surface area contributed by atoms with Gasteiger partial charge in [-0.05, 0) is 66.5 Å². The van der Waals surface area contributed by atoms with Gasteiger partial charge in [-0.1, -0.05) is 42.5 Å². The maximum atomic E-state index is 10.6. The van der Waals surface area contributed by atoms with Crippen LogP contribution in [-0.2, 0) is 11.2 Å². The predicted octanol–water partition coefficient (Wildman–Crippen LogP) is 5.11. The first-order valence-electron chi connectivity index (χ1n) is 8.92. The van der Waals surface area contributed by atoms with E-state index in [0.717, 1.165) is 30.6 Å². The van der Waals surface area contributed by atoms with E-state index < -0.39 is 5.97 Å². The van der Waals surface area contributed by atoms with Gasteiger partial charge in [-0.15, -0.1) is 0 Å². The average Bonchev–Trinajstić information content (AvgIpc) is 3.10. The topological polar surface area (TPSA) is 46.5 Å². The van der Waals surface area contributed by atoms with Crippen LogP contribution in [0.15, 0.2) is 60.2 Å². The molecular formula is C22H24O3. The van der Waals surface area contributed by atoms with Gasteiger partial charge in [-0.25, -0.2) is 0 Å². The highest BCUT2D eigenvalue weighted by atomic mass is 16.5. The third kappa shape index (κ3) is 4.96. The molecule has 1 N–H and O–H groups in total. The van der Waals surface area contributed by atoms with Crippen molar-refractivity contribution in [3.63, 3.8) is 0 Å². The lowest BCUT2D eigenvalue weighted by Crippen LogP contribution is -2.01. The zero-order chi connectivity index (χ0) is 17.5. The van der Waals surface area contributed by atoms with E-state index in [-0.39, 0.29) is 6.42 Å². The lowest BCUT2D eigenvalue weighted by atomic mass is 10.0. The molecule has 3 rings (SSSR count). The normalized spacial score (nSPS) is 13.9. The van der Waals surface area contributed by atoms with E-state index in [0.29, 0.717) is 13.0 Å². The number of carboxylic acid groups (broad SMARTS) is 1. The Kier molecular flexibility index (Phi) is 5.89. The zero-order valence-corrected chi connectivity index (χ0v) is 14.4. The molecule has 0 saturated carbocycles. The average molecular weight is 336 g/mol. The fraction of sp³-hybridized carbons (Fsp3) is 0.318. The zero-order valence-electron chi connectivity index (χ0n) is 14.4. The number of carbonyl (C=O) groups is 1.